The van der Waals surface area contributed by atoms with Gasteiger partial charge in [0.05, 0.1) is 7.99 Å². The summed E-state index contributed by atoms with van der Waals surface area (Å²) in [6.45, 7) is 14.1. The number of nitrogens with one attached hydrogen (secondary N) is 1. The van der Waals surface area contributed by atoms with Crippen molar-refractivity contribution < 1.29 is 17.1 Å². The third-order valence-corrected chi connectivity index (χ3v) is 7.39. The van der Waals surface area contributed by atoms with Gasteiger partial charge in [-0.15, -0.1) is 0 Å². The van der Waals surface area contributed by atoms with Crippen LogP contribution in [0.5, 0.6) is 5.75 Å². The van der Waals surface area contributed by atoms with Crippen molar-refractivity contribution in [2.75, 3.05) is 0 Å². The Kier molecular flexibility index (Phi) is 6.77. The number of hydrogen-bond acceptors (Lipinski definition) is 5. The lowest BCUT2D eigenvalue weighted by molar-refractivity contribution is -0.119. The van der Waals surface area contributed by atoms with Crippen LogP contribution in [0, 0.1) is 19.8 Å². The van der Waals surface area contributed by atoms with E-state index < -0.39 is 5.25 Å². The number of benzene rings is 1. The van der Waals surface area contributed by atoms with E-state index in [4.69, 9.17) is 7.48 Å². The minimum Gasteiger partial charge on any atom is -0.490 e. The minimum atomic E-state index is -0.428. The van der Waals surface area contributed by atoms with E-state index >= 15 is 0 Å². The fourth-order valence-corrected chi connectivity index (χ4v) is 4.80. The number of amides is 2. The smallest absolute Gasteiger partial charge is 0.286 e. The quantitative estimate of drug-likeness (QED) is 0.534. The Morgan fingerprint density at radius 3 is 2.47 bits per heavy atom. The SMILES string of the molecule is [2H]c1c(CC(C)Oc2ccc(C(C)C3SC(=O)NC3=O)cc2C)nc(C)c(C(C)C(C)C)c1[2H]. The van der Waals surface area contributed by atoms with Crippen LogP contribution < -0.4 is 10.1 Å². The van der Waals surface area contributed by atoms with Crippen molar-refractivity contribution in [1.82, 2.24) is 10.3 Å². The van der Waals surface area contributed by atoms with Gasteiger partial charge in [0.15, 0.2) is 0 Å². The predicted molar refractivity (Wildman–Crippen MR) is 131 cm³/mol. The highest BCUT2D eigenvalue weighted by Gasteiger charge is 2.36. The first kappa shape index (κ1) is 21.5. The number of aryl methyl sites for hydroxylation is 2. The molecule has 0 radical (unpaired) electrons. The topological polar surface area (TPSA) is 68.3 Å². The summed E-state index contributed by atoms with van der Waals surface area (Å²) < 4.78 is 23.2. The Balaban J connectivity index is 1.73. The lowest BCUT2D eigenvalue weighted by Crippen LogP contribution is -2.27. The molecule has 0 bridgehead atoms. The number of carbonyl (C=O) groups is 2. The number of hydrogen-bond donors (Lipinski definition) is 1. The summed E-state index contributed by atoms with van der Waals surface area (Å²) in [6.07, 6.45) is 0.194. The Morgan fingerprint density at radius 2 is 1.88 bits per heavy atom. The molecule has 2 aromatic rings. The first-order valence-electron chi connectivity index (χ1n) is 12.2. The van der Waals surface area contributed by atoms with Crippen LogP contribution in [-0.4, -0.2) is 27.5 Å². The Morgan fingerprint density at radius 1 is 1.16 bits per heavy atom. The summed E-state index contributed by atoms with van der Waals surface area (Å²) >= 11 is 1.04. The van der Waals surface area contributed by atoms with Gasteiger partial charge in [-0.25, -0.2) is 0 Å². The zero-order chi connectivity index (χ0) is 25.3. The molecule has 5 nitrogen and oxygen atoms in total. The third-order valence-electron chi connectivity index (χ3n) is 6.19. The molecule has 1 aliphatic rings. The third kappa shape index (κ3) is 5.52. The molecule has 0 aliphatic carbocycles. The fraction of sp³-hybridized carbons (Fsp3) is 0.500. The Labute approximate surface area is 198 Å². The maximum atomic E-state index is 12.0. The maximum absolute atomic E-state index is 12.0. The van der Waals surface area contributed by atoms with Crippen molar-refractivity contribution in [2.45, 2.75) is 78.1 Å². The molecule has 2 heterocycles. The van der Waals surface area contributed by atoms with Crippen LogP contribution in [0.25, 0.3) is 0 Å². The van der Waals surface area contributed by atoms with Gasteiger partial charge in [0.2, 0.25) is 5.91 Å². The molecule has 32 heavy (non-hydrogen) atoms. The van der Waals surface area contributed by atoms with E-state index in [1.807, 2.05) is 45.9 Å². The van der Waals surface area contributed by atoms with Crippen molar-refractivity contribution >= 4 is 22.9 Å². The maximum Gasteiger partial charge on any atom is 0.286 e. The molecule has 1 fully saturated rings. The number of imide groups is 1. The van der Waals surface area contributed by atoms with Crippen molar-refractivity contribution in [2.24, 2.45) is 5.92 Å². The zero-order valence-electron chi connectivity index (χ0n) is 21.9. The molecular formula is C26H34N2O3S. The van der Waals surface area contributed by atoms with E-state index in [0.717, 1.165) is 39.9 Å². The molecule has 172 valence electrons. The van der Waals surface area contributed by atoms with Crippen LogP contribution in [0.4, 0.5) is 4.79 Å². The molecule has 4 unspecified atom stereocenters. The van der Waals surface area contributed by atoms with Gasteiger partial charge in [0.1, 0.15) is 11.9 Å². The normalized spacial score (nSPS) is 19.9. The van der Waals surface area contributed by atoms with E-state index in [1.54, 1.807) is 0 Å². The number of pyridine rings is 1. The molecular weight excluding hydrogens is 420 g/mol. The van der Waals surface area contributed by atoms with Crippen molar-refractivity contribution in [3.63, 3.8) is 0 Å². The minimum absolute atomic E-state index is 0.109. The number of rotatable bonds is 8. The molecule has 1 aliphatic heterocycles. The monoisotopic (exact) mass is 456 g/mol. The van der Waals surface area contributed by atoms with Gasteiger partial charge in [0.25, 0.3) is 5.24 Å². The number of nitrogens with zero attached hydrogens (tertiary/aromatic N) is 1. The van der Waals surface area contributed by atoms with E-state index in [9.17, 15) is 9.59 Å². The van der Waals surface area contributed by atoms with Gasteiger partial charge in [-0.1, -0.05) is 57.6 Å². The Hall–Kier alpha value is -2.34. The molecule has 1 N–H and O–H groups in total. The van der Waals surface area contributed by atoms with Gasteiger partial charge in [-0.2, -0.15) is 0 Å². The van der Waals surface area contributed by atoms with Crippen LogP contribution in [0.1, 0.15) is 77.3 Å². The summed E-state index contributed by atoms with van der Waals surface area (Å²) in [7, 11) is 0. The van der Waals surface area contributed by atoms with Gasteiger partial charge < -0.3 is 4.74 Å². The molecule has 4 atom stereocenters. The molecule has 1 aromatic carbocycles. The van der Waals surface area contributed by atoms with Gasteiger partial charge >= 0.3 is 0 Å². The second kappa shape index (κ2) is 10.1. The van der Waals surface area contributed by atoms with Crippen LogP contribution in [-0.2, 0) is 11.2 Å². The summed E-state index contributed by atoms with van der Waals surface area (Å²) in [5, 5.41) is 1.62. The molecule has 1 aromatic heterocycles. The molecule has 2 amide bonds. The molecule has 0 saturated carbocycles. The van der Waals surface area contributed by atoms with Gasteiger partial charge in [-0.05, 0) is 61.4 Å². The number of ether oxygens (including phenoxy) is 1. The highest BCUT2D eigenvalue weighted by Crippen LogP contribution is 2.34. The average molecular weight is 457 g/mol. The van der Waals surface area contributed by atoms with Crippen molar-refractivity contribution in [3.05, 3.63) is 58.4 Å². The highest BCUT2D eigenvalue weighted by molar-refractivity contribution is 8.15. The summed E-state index contributed by atoms with van der Waals surface area (Å²) in [5.41, 5.74) is 4.15. The highest BCUT2D eigenvalue weighted by atomic mass is 32.2. The van der Waals surface area contributed by atoms with Crippen LogP contribution in [0.2, 0.25) is 0 Å². The predicted octanol–water partition coefficient (Wildman–Crippen LogP) is 5.92. The largest absolute Gasteiger partial charge is 0.490 e. The average Bonchev–Trinajstić information content (AvgIpc) is 3.10. The van der Waals surface area contributed by atoms with Gasteiger partial charge in [0, 0.05) is 23.7 Å². The van der Waals surface area contributed by atoms with E-state index in [-0.39, 0.29) is 41.2 Å². The molecule has 0 spiro atoms. The molecule has 6 heteroatoms. The molecule has 3 rings (SSSR count). The zero-order valence-corrected chi connectivity index (χ0v) is 20.7. The van der Waals surface area contributed by atoms with Crippen LogP contribution in [0.3, 0.4) is 0 Å². The van der Waals surface area contributed by atoms with Crippen LogP contribution >= 0.6 is 11.8 Å². The molecule has 1 saturated heterocycles. The summed E-state index contributed by atoms with van der Waals surface area (Å²) in [5.74, 6) is 0.908. The second-order valence-electron chi connectivity index (χ2n) is 9.10. The number of thioether (sulfide) groups is 1. The first-order chi connectivity index (χ1) is 15.9. The fourth-order valence-electron chi connectivity index (χ4n) is 3.89. The second-order valence-corrected chi connectivity index (χ2v) is 10.2. The van der Waals surface area contributed by atoms with Crippen LogP contribution in [0.15, 0.2) is 30.3 Å². The first-order valence-corrected chi connectivity index (χ1v) is 12.0. The standard InChI is InChI=1S/C26H34N2O3S/c1-14(2)17(5)22-10-9-21(27-19(22)7)13-16(4)31-23-11-8-20(12-15(23)3)18(6)24-25(29)28-26(30)32-24/h8-12,14,16-18,24H,13H2,1-7H3,(H,28,29,30)/i9D,10D. The summed E-state index contributed by atoms with van der Waals surface area (Å²) in [4.78, 5) is 28.2. The Bertz CT molecular complexity index is 1110. The van der Waals surface area contributed by atoms with Gasteiger partial charge in [-0.3, -0.25) is 19.9 Å². The van der Waals surface area contributed by atoms with Crippen molar-refractivity contribution in [1.29, 1.82) is 0 Å². The van der Waals surface area contributed by atoms with Crippen molar-refractivity contribution in [3.8, 4) is 5.75 Å². The van der Waals surface area contributed by atoms with E-state index in [2.05, 4.69) is 31.1 Å². The lowest BCUT2D eigenvalue weighted by Gasteiger charge is -2.21. The van der Waals surface area contributed by atoms with E-state index in [0.29, 0.717) is 18.0 Å². The summed E-state index contributed by atoms with van der Waals surface area (Å²) in [6, 6.07) is 6.24. The number of carbonyl (C=O) groups excluding carboxylic acids is 2. The number of aromatic nitrogens is 1. The lowest BCUT2D eigenvalue weighted by atomic mass is 9.89. The van der Waals surface area contributed by atoms with E-state index in [1.165, 1.54) is 0 Å².